The third-order valence-electron chi connectivity index (χ3n) is 4.13. The van der Waals surface area contributed by atoms with E-state index >= 15 is 0 Å². The van der Waals surface area contributed by atoms with Gasteiger partial charge in [-0.1, -0.05) is 0 Å². The molecule has 1 amide bonds. The zero-order valence-corrected chi connectivity index (χ0v) is 12.6. The van der Waals surface area contributed by atoms with Crippen LogP contribution in [0.2, 0.25) is 0 Å². The first-order valence-corrected chi connectivity index (χ1v) is 7.77. The molecule has 1 heterocycles. The summed E-state index contributed by atoms with van der Waals surface area (Å²) in [7, 11) is 2.16. The number of piperazine rings is 1. The maximum absolute atomic E-state index is 11.6. The van der Waals surface area contributed by atoms with Crippen molar-refractivity contribution in [3.63, 3.8) is 0 Å². The number of hydrogen-bond acceptors (Lipinski definition) is 4. The highest BCUT2D eigenvalue weighted by Gasteiger charge is 2.22. The molecule has 5 nitrogen and oxygen atoms in total. The Labute approximate surface area is 126 Å². The van der Waals surface area contributed by atoms with E-state index in [4.69, 9.17) is 0 Å². The number of amides is 1. The van der Waals surface area contributed by atoms with Crippen LogP contribution in [0.4, 0.5) is 11.4 Å². The Bertz CT molecular complexity index is 476. The maximum Gasteiger partial charge on any atom is 0.239 e. The lowest BCUT2D eigenvalue weighted by molar-refractivity contribution is -0.119. The Morgan fingerprint density at radius 1 is 1.14 bits per heavy atom. The first-order chi connectivity index (χ1) is 10.2. The van der Waals surface area contributed by atoms with Crippen molar-refractivity contribution in [2.24, 2.45) is 0 Å². The van der Waals surface area contributed by atoms with Crippen LogP contribution >= 0.6 is 0 Å². The van der Waals surface area contributed by atoms with Crippen molar-refractivity contribution in [1.29, 1.82) is 0 Å². The van der Waals surface area contributed by atoms with Gasteiger partial charge in [0.25, 0.3) is 0 Å². The van der Waals surface area contributed by atoms with Crippen molar-refractivity contribution in [2.45, 2.75) is 18.9 Å². The molecule has 2 fully saturated rings. The molecule has 2 aliphatic rings. The van der Waals surface area contributed by atoms with Gasteiger partial charge in [-0.2, -0.15) is 0 Å². The van der Waals surface area contributed by atoms with Gasteiger partial charge in [0.15, 0.2) is 0 Å². The Kier molecular flexibility index (Phi) is 4.29. The van der Waals surface area contributed by atoms with Crippen LogP contribution in [0.5, 0.6) is 0 Å². The SMILES string of the molecule is CN1CCN(c2ccc(NCC(=O)NC3CC3)cc2)CC1. The molecule has 1 aromatic rings. The van der Waals surface area contributed by atoms with E-state index in [1.54, 1.807) is 0 Å². The average Bonchev–Trinajstić information content (AvgIpc) is 3.30. The molecule has 0 bridgehead atoms. The second-order valence-corrected chi connectivity index (χ2v) is 6.03. The normalized spacial score (nSPS) is 19.4. The van der Waals surface area contributed by atoms with Gasteiger partial charge in [0.1, 0.15) is 0 Å². The van der Waals surface area contributed by atoms with E-state index in [0.717, 1.165) is 44.7 Å². The van der Waals surface area contributed by atoms with E-state index < -0.39 is 0 Å². The minimum absolute atomic E-state index is 0.0839. The van der Waals surface area contributed by atoms with Gasteiger partial charge in [-0.25, -0.2) is 0 Å². The zero-order chi connectivity index (χ0) is 14.7. The minimum atomic E-state index is 0.0839. The third kappa shape index (κ3) is 4.11. The molecule has 0 atom stereocenters. The maximum atomic E-state index is 11.6. The van der Waals surface area contributed by atoms with Gasteiger partial charge < -0.3 is 20.4 Å². The fourth-order valence-electron chi connectivity index (χ4n) is 2.54. The third-order valence-corrected chi connectivity index (χ3v) is 4.13. The molecule has 5 heteroatoms. The van der Waals surface area contributed by atoms with Crippen LogP contribution in [-0.4, -0.2) is 56.6 Å². The highest BCUT2D eigenvalue weighted by atomic mass is 16.2. The van der Waals surface area contributed by atoms with Crippen LogP contribution in [0.15, 0.2) is 24.3 Å². The summed E-state index contributed by atoms with van der Waals surface area (Å²) in [6.45, 7) is 4.73. The number of benzene rings is 1. The number of carbonyl (C=O) groups excluding carboxylic acids is 1. The number of nitrogens with one attached hydrogen (secondary N) is 2. The second-order valence-electron chi connectivity index (χ2n) is 6.03. The molecule has 1 saturated heterocycles. The number of likely N-dealkylation sites (N-methyl/N-ethyl adjacent to an activating group) is 1. The molecule has 114 valence electrons. The Balaban J connectivity index is 1.48. The van der Waals surface area contributed by atoms with Crippen molar-refractivity contribution in [2.75, 3.05) is 50.0 Å². The molecule has 3 rings (SSSR count). The van der Waals surface area contributed by atoms with Crippen LogP contribution < -0.4 is 15.5 Å². The summed E-state index contributed by atoms with van der Waals surface area (Å²) < 4.78 is 0. The summed E-state index contributed by atoms with van der Waals surface area (Å²) in [6, 6.07) is 8.80. The average molecular weight is 288 g/mol. The van der Waals surface area contributed by atoms with E-state index in [1.165, 1.54) is 5.69 Å². The van der Waals surface area contributed by atoms with Crippen LogP contribution in [0.25, 0.3) is 0 Å². The van der Waals surface area contributed by atoms with Crippen LogP contribution in [0, 0.1) is 0 Å². The van der Waals surface area contributed by atoms with E-state index in [2.05, 4.69) is 51.7 Å². The van der Waals surface area contributed by atoms with E-state index in [0.29, 0.717) is 12.6 Å². The fraction of sp³-hybridized carbons (Fsp3) is 0.562. The van der Waals surface area contributed by atoms with Crippen LogP contribution in [-0.2, 0) is 4.79 Å². The summed E-state index contributed by atoms with van der Waals surface area (Å²) in [5.74, 6) is 0.0839. The molecule has 0 spiro atoms. The Morgan fingerprint density at radius 3 is 2.43 bits per heavy atom. The summed E-state index contributed by atoms with van der Waals surface area (Å²) in [5.41, 5.74) is 2.26. The van der Waals surface area contributed by atoms with Crippen molar-refractivity contribution in [3.8, 4) is 0 Å². The Hall–Kier alpha value is -1.75. The summed E-state index contributed by atoms with van der Waals surface area (Å²) in [6.07, 6.45) is 2.26. The van der Waals surface area contributed by atoms with Gasteiger partial charge in [0, 0.05) is 43.6 Å². The number of nitrogens with zero attached hydrogens (tertiary/aromatic N) is 2. The smallest absolute Gasteiger partial charge is 0.239 e. The number of rotatable bonds is 5. The summed E-state index contributed by atoms with van der Waals surface area (Å²) in [5, 5.41) is 6.15. The fourth-order valence-corrected chi connectivity index (χ4v) is 2.54. The molecule has 1 aromatic carbocycles. The monoisotopic (exact) mass is 288 g/mol. The van der Waals surface area contributed by atoms with Gasteiger partial charge in [-0.05, 0) is 44.2 Å². The first kappa shape index (κ1) is 14.2. The quantitative estimate of drug-likeness (QED) is 0.853. The lowest BCUT2D eigenvalue weighted by Crippen LogP contribution is -2.44. The van der Waals surface area contributed by atoms with Crippen molar-refractivity contribution < 1.29 is 4.79 Å². The van der Waals surface area contributed by atoms with Crippen LogP contribution in [0.3, 0.4) is 0 Å². The van der Waals surface area contributed by atoms with E-state index in [1.807, 2.05) is 0 Å². The lowest BCUT2D eigenvalue weighted by atomic mass is 10.2. The largest absolute Gasteiger partial charge is 0.376 e. The molecule has 0 unspecified atom stereocenters. The summed E-state index contributed by atoms with van der Waals surface area (Å²) >= 11 is 0. The zero-order valence-electron chi connectivity index (χ0n) is 12.6. The van der Waals surface area contributed by atoms with E-state index in [9.17, 15) is 4.79 Å². The van der Waals surface area contributed by atoms with Crippen molar-refractivity contribution in [3.05, 3.63) is 24.3 Å². The Morgan fingerprint density at radius 2 is 1.81 bits per heavy atom. The van der Waals surface area contributed by atoms with Crippen LogP contribution in [0.1, 0.15) is 12.8 Å². The molecule has 21 heavy (non-hydrogen) atoms. The molecule has 0 radical (unpaired) electrons. The standard InChI is InChI=1S/C16H24N4O/c1-19-8-10-20(11-9-19)15-6-4-13(5-7-15)17-12-16(21)18-14-2-3-14/h4-7,14,17H,2-3,8-12H2,1H3,(H,18,21). The topological polar surface area (TPSA) is 47.6 Å². The molecule has 0 aromatic heterocycles. The minimum Gasteiger partial charge on any atom is -0.376 e. The van der Waals surface area contributed by atoms with E-state index in [-0.39, 0.29) is 5.91 Å². The second kappa shape index (κ2) is 6.35. The van der Waals surface area contributed by atoms with Gasteiger partial charge in [0.05, 0.1) is 6.54 Å². The predicted molar refractivity (Wildman–Crippen MR) is 85.8 cm³/mol. The molecule has 1 saturated carbocycles. The molecule has 2 N–H and O–H groups in total. The highest BCUT2D eigenvalue weighted by Crippen LogP contribution is 2.20. The van der Waals surface area contributed by atoms with Crippen molar-refractivity contribution in [1.82, 2.24) is 10.2 Å². The first-order valence-electron chi connectivity index (χ1n) is 7.77. The number of anilines is 2. The molecular formula is C16H24N4O. The molecular weight excluding hydrogens is 264 g/mol. The predicted octanol–water partition coefficient (Wildman–Crippen LogP) is 1.13. The molecule has 1 aliphatic heterocycles. The lowest BCUT2D eigenvalue weighted by Gasteiger charge is -2.34. The van der Waals surface area contributed by atoms with Gasteiger partial charge in [-0.3, -0.25) is 4.79 Å². The molecule has 1 aliphatic carbocycles. The summed E-state index contributed by atoms with van der Waals surface area (Å²) in [4.78, 5) is 16.4. The number of carbonyl (C=O) groups is 1. The number of hydrogen-bond donors (Lipinski definition) is 2. The van der Waals surface area contributed by atoms with Crippen molar-refractivity contribution >= 4 is 17.3 Å². The van der Waals surface area contributed by atoms with Gasteiger partial charge in [-0.15, -0.1) is 0 Å². The van der Waals surface area contributed by atoms with Gasteiger partial charge >= 0.3 is 0 Å². The highest BCUT2D eigenvalue weighted by molar-refractivity contribution is 5.81. The van der Waals surface area contributed by atoms with Gasteiger partial charge in [0.2, 0.25) is 5.91 Å².